The first-order valence-corrected chi connectivity index (χ1v) is 6.53. The van der Waals surface area contributed by atoms with Crippen LogP contribution in [0.15, 0.2) is 18.2 Å². The lowest BCUT2D eigenvalue weighted by atomic mass is 10.1. The molecule has 3 heteroatoms. The Balaban J connectivity index is 2.38. The average molecular weight is 249 g/mol. The lowest BCUT2D eigenvalue weighted by Gasteiger charge is -2.13. The molecule has 0 aliphatic carbocycles. The first-order valence-electron chi connectivity index (χ1n) is 6.53. The minimum atomic E-state index is 0.0506. The lowest BCUT2D eigenvalue weighted by Crippen LogP contribution is -2.32. The summed E-state index contributed by atoms with van der Waals surface area (Å²) < 4.78 is 5.64. The van der Waals surface area contributed by atoms with E-state index in [1.54, 1.807) is 0 Å². The van der Waals surface area contributed by atoms with Crippen molar-refractivity contribution >= 4 is 5.91 Å². The zero-order valence-corrected chi connectivity index (χ0v) is 11.7. The van der Waals surface area contributed by atoms with Crippen molar-refractivity contribution < 1.29 is 9.53 Å². The highest BCUT2D eigenvalue weighted by atomic mass is 16.5. The summed E-state index contributed by atoms with van der Waals surface area (Å²) in [4.78, 5) is 11.6. The van der Waals surface area contributed by atoms with Crippen molar-refractivity contribution in [2.24, 2.45) is 0 Å². The SMILES string of the molecule is CCC(C)NC(=O)CCOc1cccc(C)c1C. The van der Waals surface area contributed by atoms with Gasteiger partial charge in [-0.25, -0.2) is 0 Å². The number of benzene rings is 1. The summed E-state index contributed by atoms with van der Waals surface area (Å²) >= 11 is 0. The summed E-state index contributed by atoms with van der Waals surface area (Å²) in [6, 6.07) is 6.20. The molecule has 1 N–H and O–H groups in total. The van der Waals surface area contributed by atoms with Crippen molar-refractivity contribution in [2.45, 2.75) is 46.6 Å². The monoisotopic (exact) mass is 249 g/mol. The fraction of sp³-hybridized carbons (Fsp3) is 0.533. The number of aryl methyl sites for hydroxylation is 1. The highest BCUT2D eigenvalue weighted by molar-refractivity contribution is 5.76. The van der Waals surface area contributed by atoms with Gasteiger partial charge in [-0.15, -0.1) is 0 Å². The molecule has 0 spiro atoms. The highest BCUT2D eigenvalue weighted by Gasteiger charge is 2.06. The summed E-state index contributed by atoms with van der Waals surface area (Å²) in [7, 11) is 0. The number of ether oxygens (including phenoxy) is 1. The predicted octanol–water partition coefficient (Wildman–Crippen LogP) is 2.99. The standard InChI is InChI=1S/C15H23NO2/c1-5-12(3)16-15(17)9-10-18-14-8-6-7-11(2)13(14)4/h6-8,12H,5,9-10H2,1-4H3,(H,16,17). The van der Waals surface area contributed by atoms with Gasteiger partial charge in [-0.3, -0.25) is 4.79 Å². The molecule has 1 atom stereocenters. The van der Waals surface area contributed by atoms with Crippen LogP contribution < -0.4 is 10.1 Å². The van der Waals surface area contributed by atoms with Crippen molar-refractivity contribution in [3.8, 4) is 5.75 Å². The lowest BCUT2D eigenvalue weighted by molar-refractivity contribution is -0.122. The fourth-order valence-electron chi connectivity index (χ4n) is 1.58. The van der Waals surface area contributed by atoms with Gasteiger partial charge in [0, 0.05) is 6.04 Å². The zero-order valence-electron chi connectivity index (χ0n) is 11.7. The molecular weight excluding hydrogens is 226 g/mol. The number of hydrogen-bond acceptors (Lipinski definition) is 2. The Morgan fingerprint density at radius 2 is 2.11 bits per heavy atom. The topological polar surface area (TPSA) is 38.3 Å². The van der Waals surface area contributed by atoms with Gasteiger partial charge >= 0.3 is 0 Å². The maximum absolute atomic E-state index is 11.6. The number of nitrogens with one attached hydrogen (secondary N) is 1. The summed E-state index contributed by atoms with van der Waals surface area (Å²) in [5.74, 6) is 0.918. The summed E-state index contributed by atoms with van der Waals surface area (Å²) in [6.07, 6.45) is 1.35. The second-order valence-electron chi connectivity index (χ2n) is 4.67. The number of carbonyl (C=O) groups excluding carboxylic acids is 1. The number of hydrogen-bond donors (Lipinski definition) is 1. The Kier molecular flexibility index (Phi) is 5.69. The van der Waals surface area contributed by atoms with Crippen molar-refractivity contribution in [3.63, 3.8) is 0 Å². The molecule has 0 aliphatic rings. The molecule has 0 fully saturated rings. The molecule has 1 rings (SSSR count). The van der Waals surface area contributed by atoms with Crippen LogP contribution in [0.5, 0.6) is 5.75 Å². The molecule has 0 saturated heterocycles. The highest BCUT2D eigenvalue weighted by Crippen LogP contribution is 2.20. The van der Waals surface area contributed by atoms with Crippen LogP contribution in [0.25, 0.3) is 0 Å². The van der Waals surface area contributed by atoms with Crippen LogP contribution in [0.1, 0.15) is 37.8 Å². The number of carbonyl (C=O) groups is 1. The van der Waals surface area contributed by atoms with Gasteiger partial charge in [-0.2, -0.15) is 0 Å². The second kappa shape index (κ2) is 7.04. The van der Waals surface area contributed by atoms with Gasteiger partial charge in [0.25, 0.3) is 0 Å². The first-order chi connectivity index (χ1) is 8.54. The van der Waals surface area contributed by atoms with Crippen LogP contribution in [-0.2, 0) is 4.79 Å². The summed E-state index contributed by atoms with van der Waals surface area (Å²) in [6.45, 7) is 8.56. The second-order valence-corrected chi connectivity index (χ2v) is 4.67. The van der Waals surface area contributed by atoms with Crippen LogP contribution in [0.2, 0.25) is 0 Å². The minimum Gasteiger partial charge on any atom is -0.493 e. The third kappa shape index (κ3) is 4.40. The molecule has 0 saturated carbocycles. The van der Waals surface area contributed by atoms with Crippen LogP contribution >= 0.6 is 0 Å². The smallest absolute Gasteiger partial charge is 0.223 e. The van der Waals surface area contributed by atoms with E-state index >= 15 is 0 Å². The Hall–Kier alpha value is -1.51. The van der Waals surface area contributed by atoms with E-state index in [1.165, 1.54) is 5.56 Å². The van der Waals surface area contributed by atoms with Crippen LogP contribution in [0, 0.1) is 13.8 Å². The maximum Gasteiger partial charge on any atom is 0.223 e. The van der Waals surface area contributed by atoms with Crippen molar-refractivity contribution in [3.05, 3.63) is 29.3 Å². The van der Waals surface area contributed by atoms with Crippen molar-refractivity contribution in [2.75, 3.05) is 6.61 Å². The van der Waals surface area contributed by atoms with Gasteiger partial charge in [0.15, 0.2) is 0 Å². The third-order valence-electron chi connectivity index (χ3n) is 3.16. The molecule has 0 bridgehead atoms. The molecule has 1 aromatic carbocycles. The van der Waals surface area contributed by atoms with Gasteiger partial charge in [0.1, 0.15) is 5.75 Å². The molecule has 0 aromatic heterocycles. The molecule has 1 aromatic rings. The Morgan fingerprint density at radius 1 is 1.39 bits per heavy atom. The Labute approximate surface area is 110 Å². The van der Waals surface area contributed by atoms with E-state index in [-0.39, 0.29) is 11.9 Å². The van der Waals surface area contributed by atoms with Crippen LogP contribution in [-0.4, -0.2) is 18.6 Å². The van der Waals surface area contributed by atoms with E-state index in [4.69, 9.17) is 4.74 Å². The van der Waals surface area contributed by atoms with Gasteiger partial charge in [0.2, 0.25) is 5.91 Å². The van der Waals surface area contributed by atoms with E-state index < -0.39 is 0 Å². The Morgan fingerprint density at radius 3 is 2.78 bits per heavy atom. The zero-order chi connectivity index (χ0) is 13.5. The van der Waals surface area contributed by atoms with E-state index in [0.29, 0.717) is 13.0 Å². The minimum absolute atomic E-state index is 0.0506. The quantitative estimate of drug-likeness (QED) is 0.841. The summed E-state index contributed by atoms with van der Waals surface area (Å²) in [5.41, 5.74) is 2.34. The predicted molar refractivity (Wildman–Crippen MR) is 73.9 cm³/mol. The molecule has 0 radical (unpaired) electrons. The largest absolute Gasteiger partial charge is 0.493 e. The Bertz CT molecular complexity index is 401. The van der Waals surface area contributed by atoms with Crippen molar-refractivity contribution in [1.82, 2.24) is 5.32 Å². The van der Waals surface area contributed by atoms with Gasteiger partial charge in [0.05, 0.1) is 13.0 Å². The molecule has 100 valence electrons. The summed E-state index contributed by atoms with van der Waals surface area (Å²) in [5, 5.41) is 2.92. The molecule has 1 unspecified atom stereocenters. The van der Waals surface area contributed by atoms with Crippen LogP contribution in [0.3, 0.4) is 0 Å². The van der Waals surface area contributed by atoms with E-state index in [2.05, 4.69) is 25.2 Å². The average Bonchev–Trinajstić information content (AvgIpc) is 2.34. The van der Waals surface area contributed by atoms with Gasteiger partial charge in [-0.05, 0) is 44.4 Å². The van der Waals surface area contributed by atoms with Gasteiger partial charge in [-0.1, -0.05) is 19.1 Å². The maximum atomic E-state index is 11.6. The van der Waals surface area contributed by atoms with E-state index in [9.17, 15) is 4.79 Å². The first kappa shape index (κ1) is 14.6. The fourth-order valence-corrected chi connectivity index (χ4v) is 1.58. The van der Waals surface area contributed by atoms with Crippen LogP contribution in [0.4, 0.5) is 0 Å². The normalized spacial score (nSPS) is 12.0. The molecular formula is C15H23NO2. The van der Waals surface area contributed by atoms with Crippen molar-refractivity contribution in [1.29, 1.82) is 0 Å². The molecule has 1 amide bonds. The molecule has 0 aliphatic heterocycles. The molecule has 3 nitrogen and oxygen atoms in total. The van der Waals surface area contributed by atoms with E-state index in [1.807, 2.05) is 26.0 Å². The third-order valence-corrected chi connectivity index (χ3v) is 3.16. The molecule has 18 heavy (non-hydrogen) atoms. The molecule has 0 heterocycles. The number of rotatable bonds is 6. The number of amides is 1. The van der Waals surface area contributed by atoms with E-state index in [0.717, 1.165) is 17.7 Å². The van der Waals surface area contributed by atoms with Gasteiger partial charge < -0.3 is 10.1 Å².